The minimum atomic E-state index is -0.0850. The van der Waals surface area contributed by atoms with E-state index in [1.165, 1.54) is 19.3 Å². The molecule has 1 aliphatic heterocycles. The molecule has 0 spiro atoms. The summed E-state index contributed by atoms with van der Waals surface area (Å²) in [7, 11) is 0. The number of aromatic nitrogens is 1. The molecule has 1 saturated heterocycles. The number of nitrogens with zero attached hydrogens (tertiary/aromatic N) is 2. The highest BCUT2D eigenvalue weighted by molar-refractivity contribution is 5.88. The molecule has 0 amide bonds. The molecule has 0 aliphatic carbocycles. The van der Waals surface area contributed by atoms with E-state index < -0.39 is 0 Å². The normalized spacial score (nSPS) is 15.9. The van der Waals surface area contributed by atoms with Gasteiger partial charge in [-0.2, -0.15) is 0 Å². The number of nitrogens with one attached hydrogen (secondary N) is 2. The molecule has 0 bridgehead atoms. The second-order valence-electron chi connectivity index (χ2n) is 3.99. The Labute approximate surface area is 95.2 Å². The fourth-order valence-electron chi connectivity index (χ4n) is 1.94. The Hall–Kier alpha value is -1.78. The van der Waals surface area contributed by atoms with Crippen molar-refractivity contribution in [3.05, 3.63) is 18.3 Å². The van der Waals surface area contributed by atoms with Gasteiger partial charge in [0.25, 0.3) is 0 Å². The summed E-state index contributed by atoms with van der Waals surface area (Å²) in [6, 6.07) is 3.87. The summed E-state index contributed by atoms with van der Waals surface area (Å²) >= 11 is 0. The van der Waals surface area contributed by atoms with E-state index >= 15 is 0 Å². The van der Waals surface area contributed by atoms with Gasteiger partial charge in [-0.3, -0.25) is 5.41 Å². The van der Waals surface area contributed by atoms with Crippen LogP contribution in [0, 0.1) is 5.41 Å². The lowest BCUT2D eigenvalue weighted by Crippen LogP contribution is -2.29. The summed E-state index contributed by atoms with van der Waals surface area (Å²) in [5.41, 5.74) is 6.37. The second-order valence-corrected chi connectivity index (χ2v) is 3.99. The molecule has 0 atom stereocenters. The number of nitrogens with two attached hydrogens (primary N) is 1. The Morgan fingerprint density at radius 1 is 1.31 bits per heavy atom. The van der Waals surface area contributed by atoms with Crippen molar-refractivity contribution in [2.24, 2.45) is 5.73 Å². The van der Waals surface area contributed by atoms with Crippen molar-refractivity contribution >= 4 is 17.5 Å². The highest BCUT2D eigenvalue weighted by atomic mass is 15.1. The summed E-state index contributed by atoms with van der Waals surface area (Å²) in [4.78, 5) is 6.56. The Bertz CT molecular complexity index is 353. The Kier molecular flexibility index (Phi) is 3.24. The topological polar surface area (TPSA) is 78.0 Å². The van der Waals surface area contributed by atoms with Crippen LogP contribution in [0.25, 0.3) is 0 Å². The maximum Gasteiger partial charge on any atom is 0.191 e. The van der Waals surface area contributed by atoms with E-state index in [0.29, 0.717) is 5.82 Å². The van der Waals surface area contributed by atoms with Gasteiger partial charge in [0.05, 0.1) is 11.9 Å². The van der Waals surface area contributed by atoms with Gasteiger partial charge in [-0.1, -0.05) is 0 Å². The fourth-order valence-corrected chi connectivity index (χ4v) is 1.94. The number of hydrogen-bond acceptors (Lipinski definition) is 3. The van der Waals surface area contributed by atoms with Gasteiger partial charge in [0.2, 0.25) is 0 Å². The quantitative estimate of drug-likeness (QED) is 0.518. The average molecular weight is 219 g/mol. The number of guanidine groups is 1. The molecule has 5 nitrogen and oxygen atoms in total. The van der Waals surface area contributed by atoms with Crippen LogP contribution in [0.1, 0.15) is 19.3 Å². The lowest BCUT2D eigenvalue weighted by molar-refractivity contribution is 0.577. The first-order chi connectivity index (χ1) is 7.75. The van der Waals surface area contributed by atoms with E-state index in [-0.39, 0.29) is 5.96 Å². The molecule has 1 fully saturated rings. The zero-order valence-electron chi connectivity index (χ0n) is 9.24. The summed E-state index contributed by atoms with van der Waals surface area (Å²) in [6.45, 7) is 2.22. The van der Waals surface area contributed by atoms with Gasteiger partial charge in [-0.25, -0.2) is 4.98 Å². The van der Waals surface area contributed by atoms with Gasteiger partial charge < -0.3 is 16.0 Å². The van der Waals surface area contributed by atoms with Gasteiger partial charge in [-0.05, 0) is 31.4 Å². The Morgan fingerprint density at radius 3 is 2.62 bits per heavy atom. The van der Waals surface area contributed by atoms with Crippen molar-refractivity contribution in [1.82, 2.24) is 4.98 Å². The molecule has 86 valence electrons. The van der Waals surface area contributed by atoms with E-state index in [9.17, 15) is 0 Å². The molecule has 4 N–H and O–H groups in total. The molecule has 0 saturated carbocycles. The number of pyridine rings is 1. The average Bonchev–Trinajstić information content (AvgIpc) is 2.30. The van der Waals surface area contributed by atoms with E-state index in [1.54, 1.807) is 0 Å². The summed E-state index contributed by atoms with van der Waals surface area (Å²) in [6.07, 6.45) is 5.67. The van der Waals surface area contributed by atoms with Gasteiger partial charge in [-0.15, -0.1) is 0 Å². The number of anilines is 2. The monoisotopic (exact) mass is 219 g/mol. The fraction of sp³-hybridized carbons (Fsp3) is 0.455. The summed E-state index contributed by atoms with van der Waals surface area (Å²) in [5, 5.41) is 9.76. The Balaban J connectivity index is 2.03. The minimum absolute atomic E-state index is 0.0850. The van der Waals surface area contributed by atoms with Gasteiger partial charge >= 0.3 is 0 Å². The Morgan fingerprint density at radius 2 is 2.06 bits per heavy atom. The van der Waals surface area contributed by atoms with Crippen molar-refractivity contribution in [3.63, 3.8) is 0 Å². The van der Waals surface area contributed by atoms with Gasteiger partial charge in [0.1, 0.15) is 5.82 Å². The molecule has 2 heterocycles. The zero-order chi connectivity index (χ0) is 11.4. The SMILES string of the molecule is N=C(N)Nc1ccc(N2CCCCC2)cn1. The molecule has 16 heavy (non-hydrogen) atoms. The molecule has 0 aromatic carbocycles. The van der Waals surface area contributed by atoms with Crippen molar-refractivity contribution < 1.29 is 0 Å². The molecular formula is C11H17N5. The highest BCUT2D eigenvalue weighted by Crippen LogP contribution is 2.19. The van der Waals surface area contributed by atoms with E-state index in [4.69, 9.17) is 11.1 Å². The number of hydrogen-bond donors (Lipinski definition) is 3. The third kappa shape index (κ3) is 2.62. The van der Waals surface area contributed by atoms with Crippen molar-refractivity contribution in [2.45, 2.75) is 19.3 Å². The maximum absolute atomic E-state index is 7.10. The smallest absolute Gasteiger partial charge is 0.191 e. The first-order valence-electron chi connectivity index (χ1n) is 5.58. The van der Waals surface area contributed by atoms with Crippen LogP contribution >= 0.6 is 0 Å². The van der Waals surface area contributed by atoms with Crippen molar-refractivity contribution in [2.75, 3.05) is 23.3 Å². The number of rotatable bonds is 2. The molecule has 1 aromatic rings. The standard InChI is InChI=1S/C11H17N5/c12-11(13)15-10-5-4-9(8-14-10)16-6-2-1-3-7-16/h4-5,8H,1-3,6-7H2,(H4,12,13,14,15). The van der Waals surface area contributed by atoms with Crippen LogP contribution in [0.3, 0.4) is 0 Å². The molecular weight excluding hydrogens is 202 g/mol. The van der Waals surface area contributed by atoms with Crippen molar-refractivity contribution in [1.29, 1.82) is 5.41 Å². The van der Waals surface area contributed by atoms with Crippen molar-refractivity contribution in [3.8, 4) is 0 Å². The first kappa shape index (κ1) is 10.7. The molecule has 0 radical (unpaired) electrons. The van der Waals surface area contributed by atoms with E-state index in [2.05, 4.69) is 15.2 Å². The van der Waals surface area contributed by atoms with Gasteiger partial charge in [0.15, 0.2) is 5.96 Å². The van der Waals surface area contributed by atoms with E-state index in [0.717, 1.165) is 18.8 Å². The summed E-state index contributed by atoms with van der Waals surface area (Å²) in [5.74, 6) is 0.534. The van der Waals surface area contributed by atoms with Crippen LogP contribution in [0.5, 0.6) is 0 Å². The first-order valence-corrected chi connectivity index (χ1v) is 5.58. The predicted molar refractivity (Wildman–Crippen MR) is 65.8 cm³/mol. The van der Waals surface area contributed by atoms with Crippen LogP contribution in [-0.2, 0) is 0 Å². The molecule has 5 heteroatoms. The van der Waals surface area contributed by atoms with E-state index in [1.807, 2.05) is 18.3 Å². The molecule has 1 aliphatic rings. The van der Waals surface area contributed by atoms with Crippen LogP contribution in [0.15, 0.2) is 18.3 Å². The van der Waals surface area contributed by atoms with Crippen LogP contribution in [0.2, 0.25) is 0 Å². The van der Waals surface area contributed by atoms with Crippen LogP contribution < -0.4 is 16.0 Å². The largest absolute Gasteiger partial charge is 0.370 e. The molecule has 0 unspecified atom stereocenters. The van der Waals surface area contributed by atoms with Crippen LogP contribution in [0.4, 0.5) is 11.5 Å². The third-order valence-electron chi connectivity index (χ3n) is 2.73. The zero-order valence-corrected chi connectivity index (χ0v) is 9.24. The maximum atomic E-state index is 7.10. The lowest BCUT2D eigenvalue weighted by Gasteiger charge is -2.28. The lowest BCUT2D eigenvalue weighted by atomic mass is 10.1. The minimum Gasteiger partial charge on any atom is -0.370 e. The summed E-state index contributed by atoms with van der Waals surface area (Å²) < 4.78 is 0. The third-order valence-corrected chi connectivity index (χ3v) is 2.73. The number of piperidine rings is 1. The highest BCUT2D eigenvalue weighted by Gasteiger charge is 2.10. The predicted octanol–water partition coefficient (Wildman–Crippen LogP) is 1.38. The van der Waals surface area contributed by atoms with Crippen LogP contribution in [-0.4, -0.2) is 24.0 Å². The second kappa shape index (κ2) is 4.83. The van der Waals surface area contributed by atoms with Gasteiger partial charge in [0, 0.05) is 13.1 Å². The molecule has 1 aromatic heterocycles. The molecule has 2 rings (SSSR count).